The standard InChI is InChI=1S/C6HBr2F3O/c7-1-2(8)4(10)6(12)5(11)3(1)9/h12H. The molecule has 0 radical (unpaired) electrons. The van der Waals surface area contributed by atoms with E-state index in [1.54, 1.807) is 0 Å². The van der Waals surface area contributed by atoms with E-state index in [2.05, 4.69) is 31.9 Å². The van der Waals surface area contributed by atoms with Crippen LogP contribution in [-0.4, -0.2) is 5.11 Å². The molecule has 66 valence electrons. The van der Waals surface area contributed by atoms with Gasteiger partial charge in [0.1, 0.15) is 0 Å². The number of aromatic hydroxyl groups is 1. The molecule has 0 saturated heterocycles. The Morgan fingerprint density at radius 3 is 1.75 bits per heavy atom. The highest BCUT2D eigenvalue weighted by Crippen LogP contribution is 2.36. The Labute approximate surface area is 82.5 Å². The van der Waals surface area contributed by atoms with E-state index in [9.17, 15) is 13.2 Å². The number of hydrogen-bond donors (Lipinski definition) is 1. The summed E-state index contributed by atoms with van der Waals surface area (Å²) in [6.07, 6.45) is 0. The Kier molecular flexibility index (Phi) is 2.67. The fourth-order valence-corrected chi connectivity index (χ4v) is 1.30. The van der Waals surface area contributed by atoms with Crippen LogP contribution in [0.1, 0.15) is 0 Å². The average molecular weight is 306 g/mol. The Bertz CT molecular complexity index is 235. The summed E-state index contributed by atoms with van der Waals surface area (Å²) in [7, 11) is 0. The molecule has 0 spiro atoms. The van der Waals surface area contributed by atoms with Crippen LogP contribution in [0.25, 0.3) is 0 Å². The molecular weight excluding hydrogens is 305 g/mol. The summed E-state index contributed by atoms with van der Waals surface area (Å²) in [5, 5.41) is 8.65. The van der Waals surface area contributed by atoms with E-state index < -0.39 is 27.7 Å². The third-order valence-corrected chi connectivity index (χ3v) is 3.21. The van der Waals surface area contributed by atoms with Gasteiger partial charge in [0.25, 0.3) is 0 Å². The highest BCUT2D eigenvalue weighted by atomic mass is 79.9. The molecule has 0 bridgehead atoms. The molecule has 1 aromatic rings. The molecule has 1 N–H and O–H groups in total. The van der Waals surface area contributed by atoms with Crippen molar-refractivity contribution in [3.05, 3.63) is 26.4 Å². The molecular formula is C6HBr2F3O. The van der Waals surface area contributed by atoms with Crippen LogP contribution in [0, 0.1) is 17.5 Å². The summed E-state index contributed by atoms with van der Waals surface area (Å²) in [5.74, 6) is -5.51. The van der Waals surface area contributed by atoms with Crippen molar-refractivity contribution < 1.29 is 18.3 Å². The summed E-state index contributed by atoms with van der Waals surface area (Å²) in [6.45, 7) is 0. The summed E-state index contributed by atoms with van der Waals surface area (Å²) in [6, 6.07) is 0. The smallest absolute Gasteiger partial charge is 0.204 e. The largest absolute Gasteiger partial charge is 0.503 e. The van der Waals surface area contributed by atoms with Crippen molar-refractivity contribution in [2.45, 2.75) is 0 Å². The summed E-state index contributed by atoms with van der Waals surface area (Å²) in [5.41, 5.74) is 0. The lowest BCUT2D eigenvalue weighted by Crippen LogP contribution is -1.92. The molecule has 0 aromatic heterocycles. The van der Waals surface area contributed by atoms with Crippen molar-refractivity contribution >= 4 is 31.9 Å². The zero-order valence-corrected chi connectivity index (χ0v) is 8.51. The quantitative estimate of drug-likeness (QED) is 0.576. The first-order valence-corrected chi connectivity index (χ1v) is 4.25. The van der Waals surface area contributed by atoms with Crippen LogP contribution < -0.4 is 0 Å². The monoisotopic (exact) mass is 304 g/mol. The number of rotatable bonds is 0. The van der Waals surface area contributed by atoms with Crippen LogP contribution in [0.2, 0.25) is 0 Å². The maximum absolute atomic E-state index is 12.7. The van der Waals surface area contributed by atoms with Gasteiger partial charge in [-0.25, -0.2) is 8.78 Å². The Morgan fingerprint density at radius 1 is 0.833 bits per heavy atom. The molecule has 0 fully saturated rings. The third kappa shape index (κ3) is 1.33. The predicted octanol–water partition coefficient (Wildman–Crippen LogP) is 3.33. The second kappa shape index (κ2) is 3.26. The van der Waals surface area contributed by atoms with Gasteiger partial charge in [-0.1, -0.05) is 0 Å². The molecule has 0 aliphatic rings. The van der Waals surface area contributed by atoms with E-state index in [4.69, 9.17) is 5.11 Å². The molecule has 0 atom stereocenters. The van der Waals surface area contributed by atoms with Crippen LogP contribution in [-0.2, 0) is 0 Å². The molecule has 1 aromatic carbocycles. The van der Waals surface area contributed by atoms with Gasteiger partial charge in [-0.2, -0.15) is 4.39 Å². The first-order valence-electron chi connectivity index (χ1n) is 2.67. The van der Waals surface area contributed by atoms with Crippen molar-refractivity contribution in [3.8, 4) is 5.75 Å². The highest BCUT2D eigenvalue weighted by Gasteiger charge is 2.21. The van der Waals surface area contributed by atoms with E-state index in [0.29, 0.717) is 0 Å². The summed E-state index contributed by atoms with van der Waals surface area (Å²) in [4.78, 5) is 0. The normalized spacial score (nSPS) is 10.4. The van der Waals surface area contributed by atoms with Crippen LogP contribution in [0.15, 0.2) is 8.95 Å². The van der Waals surface area contributed by atoms with Gasteiger partial charge in [0.15, 0.2) is 17.4 Å². The molecule has 0 aliphatic carbocycles. The van der Waals surface area contributed by atoms with E-state index >= 15 is 0 Å². The summed E-state index contributed by atoms with van der Waals surface area (Å²) >= 11 is 5.23. The fourth-order valence-electron chi connectivity index (χ4n) is 0.593. The highest BCUT2D eigenvalue weighted by molar-refractivity contribution is 9.13. The molecule has 0 saturated carbocycles. The van der Waals surface area contributed by atoms with Gasteiger partial charge in [0.2, 0.25) is 5.82 Å². The second-order valence-corrected chi connectivity index (χ2v) is 3.50. The Hall–Kier alpha value is -0.230. The van der Waals surface area contributed by atoms with Crippen molar-refractivity contribution in [2.75, 3.05) is 0 Å². The minimum absolute atomic E-state index is 0.348. The van der Waals surface area contributed by atoms with Crippen LogP contribution >= 0.6 is 31.9 Å². The lowest BCUT2D eigenvalue weighted by atomic mass is 10.3. The van der Waals surface area contributed by atoms with Crippen LogP contribution in [0.5, 0.6) is 5.75 Å². The average Bonchev–Trinajstić information content (AvgIpc) is 2.08. The predicted molar refractivity (Wildman–Crippen MR) is 43.4 cm³/mol. The van der Waals surface area contributed by atoms with Gasteiger partial charge >= 0.3 is 0 Å². The number of halogens is 5. The van der Waals surface area contributed by atoms with E-state index in [0.717, 1.165) is 0 Å². The van der Waals surface area contributed by atoms with Crippen molar-refractivity contribution in [3.63, 3.8) is 0 Å². The molecule has 12 heavy (non-hydrogen) atoms. The van der Waals surface area contributed by atoms with Crippen LogP contribution in [0.4, 0.5) is 13.2 Å². The molecule has 0 amide bonds. The lowest BCUT2D eigenvalue weighted by Gasteiger charge is -2.03. The topological polar surface area (TPSA) is 20.2 Å². The van der Waals surface area contributed by atoms with Gasteiger partial charge < -0.3 is 5.11 Å². The van der Waals surface area contributed by atoms with E-state index in [-0.39, 0.29) is 4.47 Å². The molecule has 6 heteroatoms. The van der Waals surface area contributed by atoms with Gasteiger partial charge in [0.05, 0.1) is 8.95 Å². The molecule has 1 rings (SSSR count). The first-order chi connectivity index (χ1) is 5.46. The first kappa shape index (κ1) is 9.85. The van der Waals surface area contributed by atoms with E-state index in [1.807, 2.05) is 0 Å². The number of benzene rings is 1. The van der Waals surface area contributed by atoms with Crippen LogP contribution in [0.3, 0.4) is 0 Å². The molecule has 0 aliphatic heterocycles. The Morgan fingerprint density at radius 2 is 1.25 bits per heavy atom. The molecule has 0 unspecified atom stereocenters. The fraction of sp³-hybridized carbons (Fsp3) is 0. The van der Waals surface area contributed by atoms with E-state index in [1.165, 1.54) is 0 Å². The minimum Gasteiger partial charge on any atom is -0.503 e. The maximum Gasteiger partial charge on any atom is 0.204 e. The van der Waals surface area contributed by atoms with Crippen molar-refractivity contribution in [1.82, 2.24) is 0 Å². The van der Waals surface area contributed by atoms with Crippen molar-refractivity contribution in [2.24, 2.45) is 0 Å². The maximum atomic E-state index is 12.7. The van der Waals surface area contributed by atoms with Gasteiger partial charge in [0, 0.05) is 0 Å². The molecule has 1 nitrogen and oxygen atoms in total. The van der Waals surface area contributed by atoms with Gasteiger partial charge in [-0.05, 0) is 31.9 Å². The number of phenolic OH excluding ortho intramolecular Hbond substituents is 1. The minimum atomic E-state index is -1.61. The zero-order chi connectivity index (χ0) is 9.46. The SMILES string of the molecule is Oc1c(F)c(F)c(Br)c(Br)c1F. The number of hydrogen-bond acceptors (Lipinski definition) is 1. The van der Waals surface area contributed by atoms with Gasteiger partial charge in [-0.15, -0.1) is 0 Å². The van der Waals surface area contributed by atoms with Crippen molar-refractivity contribution in [1.29, 1.82) is 0 Å². The van der Waals surface area contributed by atoms with Gasteiger partial charge in [-0.3, -0.25) is 0 Å². The second-order valence-electron chi connectivity index (χ2n) is 1.92. The number of phenols is 1. The summed E-state index contributed by atoms with van der Waals surface area (Å²) < 4.78 is 37.1. The Balaban J connectivity index is 3.60. The third-order valence-electron chi connectivity index (χ3n) is 1.19. The lowest BCUT2D eigenvalue weighted by molar-refractivity contribution is 0.373. The zero-order valence-electron chi connectivity index (χ0n) is 5.34. The molecule has 0 heterocycles.